The summed E-state index contributed by atoms with van der Waals surface area (Å²) in [5.74, 6) is -0.468. The van der Waals surface area contributed by atoms with Crippen LogP contribution in [0.25, 0.3) is 0 Å². The molecule has 1 saturated heterocycles. The molecule has 0 bridgehead atoms. The second-order valence-electron chi connectivity index (χ2n) is 5.36. The summed E-state index contributed by atoms with van der Waals surface area (Å²) in [5, 5.41) is 0.466. The van der Waals surface area contributed by atoms with E-state index in [0.717, 1.165) is 12.8 Å². The minimum atomic E-state index is -0.285. The summed E-state index contributed by atoms with van der Waals surface area (Å²) in [4.78, 5) is 25.6. The van der Waals surface area contributed by atoms with E-state index in [1.165, 1.54) is 0 Å². The molecule has 1 aromatic carbocycles. The van der Waals surface area contributed by atoms with E-state index in [1.54, 1.807) is 24.3 Å². The summed E-state index contributed by atoms with van der Waals surface area (Å²) in [6.45, 7) is 2.89. The van der Waals surface area contributed by atoms with E-state index in [9.17, 15) is 9.59 Å². The van der Waals surface area contributed by atoms with Crippen LogP contribution >= 0.6 is 11.6 Å². The Morgan fingerprint density at radius 2 is 2.05 bits per heavy atom. The molecule has 1 aliphatic heterocycles. The lowest BCUT2D eigenvalue weighted by Gasteiger charge is -2.36. The molecule has 0 aliphatic carbocycles. The topological polar surface area (TPSA) is 63.4 Å². The first-order chi connectivity index (χ1) is 9.49. The third kappa shape index (κ3) is 3.38. The first kappa shape index (κ1) is 15.0. The maximum atomic E-state index is 12.3. The quantitative estimate of drug-likeness (QED) is 0.865. The Labute approximate surface area is 123 Å². The molecule has 1 aliphatic rings. The van der Waals surface area contributed by atoms with Crippen LogP contribution in [-0.2, 0) is 4.79 Å². The maximum Gasteiger partial charge on any atom is 0.221 e. The Morgan fingerprint density at radius 3 is 2.70 bits per heavy atom. The molecule has 1 heterocycles. The van der Waals surface area contributed by atoms with Gasteiger partial charge in [0.05, 0.1) is 17.5 Å². The minimum Gasteiger partial charge on any atom is -0.369 e. The van der Waals surface area contributed by atoms with Gasteiger partial charge in [-0.25, -0.2) is 0 Å². The number of nitrogens with zero attached hydrogens (tertiary/aromatic N) is 1. The molecule has 2 rings (SSSR count). The van der Waals surface area contributed by atoms with Crippen LogP contribution in [0, 0.1) is 5.92 Å². The number of carbonyl (C=O) groups excluding carboxylic acids is 2. The van der Waals surface area contributed by atoms with Gasteiger partial charge in [0.1, 0.15) is 0 Å². The highest BCUT2D eigenvalue weighted by molar-refractivity contribution is 6.34. The fraction of sp³-hybridized carbons (Fsp3) is 0.467. The fourth-order valence-corrected chi connectivity index (χ4v) is 2.83. The number of carbonyl (C=O) groups is 2. The van der Waals surface area contributed by atoms with Crippen molar-refractivity contribution in [2.45, 2.75) is 25.8 Å². The Balaban J connectivity index is 2.06. The lowest BCUT2D eigenvalue weighted by molar-refractivity contribution is -0.123. The van der Waals surface area contributed by atoms with Crippen molar-refractivity contribution >= 4 is 23.3 Å². The normalized spacial score (nSPS) is 23.5. The average Bonchev–Trinajstić information content (AvgIpc) is 2.41. The number of hydrogen-bond acceptors (Lipinski definition) is 3. The van der Waals surface area contributed by atoms with Gasteiger partial charge in [-0.1, -0.05) is 23.7 Å². The summed E-state index contributed by atoms with van der Waals surface area (Å²) >= 11 is 6.04. The number of rotatable bonds is 4. The summed E-state index contributed by atoms with van der Waals surface area (Å²) in [5.41, 5.74) is 5.90. The fourth-order valence-electron chi connectivity index (χ4n) is 2.59. The molecule has 4 nitrogen and oxygen atoms in total. The van der Waals surface area contributed by atoms with Gasteiger partial charge in [-0.15, -0.1) is 0 Å². The lowest BCUT2D eigenvalue weighted by atomic mass is 9.92. The van der Waals surface area contributed by atoms with Gasteiger partial charge in [0.15, 0.2) is 5.78 Å². The van der Waals surface area contributed by atoms with E-state index in [-0.39, 0.29) is 30.2 Å². The average molecular weight is 295 g/mol. The number of benzene rings is 1. The van der Waals surface area contributed by atoms with Crippen LogP contribution in [0.3, 0.4) is 0 Å². The van der Waals surface area contributed by atoms with Gasteiger partial charge in [-0.2, -0.15) is 0 Å². The number of nitrogens with two attached hydrogens (primary N) is 1. The summed E-state index contributed by atoms with van der Waals surface area (Å²) < 4.78 is 0. The molecule has 2 N–H and O–H groups in total. The maximum absolute atomic E-state index is 12.3. The van der Waals surface area contributed by atoms with Crippen LogP contribution in [0.5, 0.6) is 0 Å². The predicted molar refractivity (Wildman–Crippen MR) is 78.7 cm³/mol. The van der Waals surface area contributed by atoms with Crippen LogP contribution in [0.1, 0.15) is 30.1 Å². The van der Waals surface area contributed by atoms with E-state index in [2.05, 4.69) is 6.92 Å². The number of primary amides is 1. The van der Waals surface area contributed by atoms with Crippen LogP contribution in [0.4, 0.5) is 0 Å². The lowest BCUT2D eigenvalue weighted by Crippen LogP contribution is -2.47. The van der Waals surface area contributed by atoms with Gasteiger partial charge < -0.3 is 5.73 Å². The molecule has 2 unspecified atom stereocenters. The molecule has 0 aromatic heterocycles. The minimum absolute atomic E-state index is 0.0208. The van der Waals surface area contributed by atoms with Gasteiger partial charge in [0.2, 0.25) is 5.91 Å². The van der Waals surface area contributed by atoms with Crippen molar-refractivity contribution in [1.82, 2.24) is 4.90 Å². The van der Waals surface area contributed by atoms with Gasteiger partial charge in [-0.05, 0) is 31.9 Å². The first-order valence-corrected chi connectivity index (χ1v) is 7.18. The van der Waals surface area contributed by atoms with Crippen molar-refractivity contribution in [2.75, 3.05) is 13.1 Å². The number of piperidine rings is 1. The van der Waals surface area contributed by atoms with Crippen LogP contribution in [0.2, 0.25) is 5.02 Å². The zero-order chi connectivity index (χ0) is 14.7. The van der Waals surface area contributed by atoms with Gasteiger partial charge in [0.25, 0.3) is 0 Å². The second-order valence-corrected chi connectivity index (χ2v) is 5.77. The van der Waals surface area contributed by atoms with Crippen LogP contribution < -0.4 is 5.73 Å². The number of Topliss-reactive ketones (excluding diaryl/α,β-unsaturated/α-hetero) is 1. The SMILES string of the molecule is CC1CCC(C(N)=O)CN1CC(=O)c1ccccc1Cl. The number of amides is 1. The Hall–Kier alpha value is -1.39. The highest BCUT2D eigenvalue weighted by Gasteiger charge is 2.30. The van der Waals surface area contributed by atoms with Crippen molar-refractivity contribution in [2.24, 2.45) is 11.7 Å². The highest BCUT2D eigenvalue weighted by Crippen LogP contribution is 2.23. The number of likely N-dealkylation sites (tertiary alicyclic amines) is 1. The number of ketones is 1. The van der Waals surface area contributed by atoms with Crippen molar-refractivity contribution < 1.29 is 9.59 Å². The first-order valence-electron chi connectivity index (χ1n) is 6.80. The summed E-state index contributed by atoms with van der Waals surface area (Å²) in [7, 11) is 0. The molecule has 108 valence electrons. The van der Waals surface area contributed by atoms with E-state index in [4.69, 9.17) is 17.3 Å². The van der Waals surface area contributed by atoms with Gasteiger partial charge in [0, 0.05) is 18.2 Å². The smallest absolute Gasteiger partial charge is 0.221 e. The molecule has 0 saturated carbocycles. The zero-order valence-corrected chi connectivity index (χ0v) is 12.3. The molecule has 0 radical (unpaired) electrons. The molecule has 20 heavy (non-hydrogen) atoms. The summed E-state index contributed by atoms with van der Waals surface area (Å²) in [6, 6.07) is 7.30. The monoisotopic (exact) mass is 294 g/mol. The number of hydrogen-bond donors (Lipinski definition) is 1. The Morgan fingerprint density at radius 1 is 1.35 bits per heavy atom. The van der Waals surface area contributed by atoms with Crippen LogP contribution in [-0.4, -0.2) is 35.7 Å². The molecule has 1 fully saturated rings. The van der Waals surface area contributed by atoms with E-state index < -0.39 is 0 Å². The molecule has 1 amide bonds. The Bertz CT molecular complexity index is 518. The largest absolute Gasteiger partial charge is 0.369 e. The standard InChI is InChI=1S/C15H19ClN2O2/c1-10-6-7-11(15(17)20)8-18(10)9-14(19)12-4-2-3-5-13(12)16/h2-5,10-11H,6-9H2,1H3,(H2,17,20). The molecular weight excluding hydrogens is 276 g/mol. The molecular formula is C15H19ClN2O2. The van der Waals surface area contributed by atoms with Crippen molar-refractivity contribution in [3.8, 4) is 0 Å². The number of halogens is 1. The third-order valence-corrected chi connectivity index (χ3v) is 4.26. The van der Waals surface area contributed by atoms with Crippen molar-refractivity contribution in [3.05, 3.63) is 34.9 Å². The second kappa shape index (κ2) is 6.37. The van der Waals surface area contributed by atoms with E-state index >= 15 is 0 Å². The van der Waals surface area contributed by atoms with Crippen LogP contribution in [0.15, 0.2) is 24.3 Å². The summed E-state index contributed by atoms with van der Waals surface area (Å²) in [6.07, 6.45) is 1.68. The molecule has 1 aromatic rings. The van der Waals surface area contributed by atoms with E-state index in [0.29, 0.717) is 17.1 Å². The molecule has 0 spiro atoms. The molecule has 5 heteroatoms. The molecule has 2 atom stereocenters. The van der Waals surface area contributed by atoms with Crippen molar-refractivity contribution in [3.63, 3.8) is 0 Å². The zero-order valence-electron chi connectivity index (χ0n) is 11.5. The highest BCUT2D eigenvalue weighted by atomic mass is 35.5. The van der Waals surface area contributed by atoms with Crippen molar-refractivity contribution in [1.29, 1.82) is 0 Å². The predicted octanol–water partition coefficient (Wildman–Crippen LogP) is 2.11. The van der Waals surface area contributed by atoms with Gasteiger partial charge in [-0.3, -0.25) is 14.5 Å². The van der Waals surface area contributed by atoms with Gasteiger partial charge >= 0.3 is 0 Å². The third-order valence-electron chi connectivity index (χ3n) is 3.93. The Kier molecular flexibility index (Phi) is 4.78. The van der Waals surface area contributed by atoms with E-state index in [1.807, 2.05) is 4.90 Å².